The highest BCUT2D eigenvalue weighted by Crippen LogP contribution is 2.28. The molecular formula is C9H15F3O3. The van der Waals surface area contributed by atoms with E-state index < -0.39 is 30.3 Å². The Balaban J connectivity index is 4.55. The summed E-state index contributed by atoms with van der Waals surface area (Å²) < 4.78 is 41.0. The molecule has 0 saturated heterocycles. The van der Waals surface area contributed by atoms with E-state index in [1.165, 1.54) is 20.8 Å². The Morgan fingerprint density at radius 3 is 2.13 bits per heavy atom. The third-order valence-corrected chi connectivity index (χ3v) is 1.81. The standard InChI is InChI=1S/C9H15F3O3/c1-4-6(7(13)9(10,11)12)8(14)15-5(2)3/h5-7,13H,4H2,1-3H3/t6?,7-/m1/s1. The number of alkyl halides is 3. The summed E-state index contributed by atoms with van der Waals surface area (Å²) in [5.41, 5.74) is 0. The van der Waals surface area contributed by atoms with E-state index in [-0.39, 0.29) is 6.42 Å². The Labute approximate surface area is 86.2 Å². The van der Waals surface area contributed by atoms with Crippen molar-refractivity contribution in [2.45, 2.75) is 45.6 Å². The Morgan fingerprint density at radius 2 is 1.87 bits per heavy atom. The van der Waals surface area contributed by atoms with Crippen LogP contribution < -0.4 is 0 Å². The predicted molar refractivity (Wildman–Crippen MR) is 47.1 cm³/mol. The molecular weight excluding hydrogens is 213 g/mol. The maximum Gasteiger partial charge on any atom is 0.415 e. The second-order valence-corrected chi connectivity index (χ2v) is 3.49. The van der Waals surface area contributed by atoms with Crippen LogP contribution in [0.3, 0.4) is 0 Å². The number of carbonyl (C=O) groups excluding carboxylic acids is 1. The SMILES string of the molecule is CCC(C(=O)OC(C)C)[C@@H](O)C(F)(F)F. The van der Waals surface area contributed by atoms with Crippen molar-refractivity contribution < 1.29 is 27.8 Å². The molecule has 0 aliphatic carbocycles. The van der Waals surface area contributed by atoms with E-state index in [1.807, 2.05) is 0 Å². The molecule has 0 amide bonds. The molecule has 0 aromatic rings. The summed E-state index contributed by atoms with van der Waals surface area (Å²) in [6.45, 7) is 4.45. The molecule has 15 heavy (non-hydrogen) atoms. The maximum absolute atomic E-state index is 12.1. The van der Waals surface area contributed by atoms with Crippen LogP contribution in [-0.4, -0.2) is 29.5 Å². The minimum Gasteiger partial charge on any atom is -0.463 e. The Bertz CT molecular complexity index is 213. The predicted octanol–water partition coefficient (Wildman–Crippen LogP) is 1.89. The number of halogens is 3. The van der Waals surface area contributed by atoms with Gasteiger partial charge >= 0.3 is 12.1 Å². The number of hydrogen-bond acceptors (Lipinski definition) is 3. The average molecular weight is 228 g/mol. The molecule has 3 nitrogen and oxygen atoms in total. The van der Waals surface area contributed by atoms with Gasteiger partial charge in [0.1, 0.15) is 0 Å². The van der Waals surface area contributed by atoms with Gasteiger partial charge < -0.3 is 9.84 Å². The third kappa shape index (κ3) is 4.51. The van der Waals surface area contributed by atoms with Crippen LogP contribution in [0.2, 0.25) is 0 Å². The average Bonchev–Trinajstić information content (AvgIpc) is 2.01. The molecule has 1 unspecified atom stereocenters. The fraction of sp³-hybridized carbons (Fsp3) is 0.889. The first-order valence-corrected chi connectivity index (χ1v) is 4.65. The molecule has 6 heteroatoms. The lowest BCUT2D eigenvalue weighted by molar-refractivity contribution is -0.225. The molecule has 0 aromatic carbocycles. The quantitative estimate of drug-likeness (QED) is 0.747. The van der Waals surface area contributed by atoms with Crippen molar-refractivity contribution in [1.82, 2.24) is 0 Å². The van der Waals surface area contributed by atoms with Crippen LogP contribution >= 0.6 is 0 Å². The van der Waals surface area contributed by atoms with Crippen LogP contribution in [0, 0.1) is 5.92 Å². The topological polar surface area (TPSA) is 46.5 Å². The molecule has 0 bridgehead atoms. The smallest absolute Gasteiger partial charge is 0.415 e. The van der Waals surface area contributed by atoms with Crippen molar-refractivity contribution in [3.8, 4) is 0 Å². The first-order chi connectivity index (χ1) is 6.70. The first-order valence-electron chi connectivity index (χ1n) is 4.65. The van der Waals surface area contributed by atoms with Crippen LogP contribution in [0.15, 0.2) is 0 Å². The highest BCUT2D eigenvalue weighted by atomic mass is 19.4. The zero-order chi connectivity index (χ0) is 12.2. The van der Waals surface area contributed by atoms with E-state index in [9.17, 15) is 18.0 Å². The van der Waals surface area contributed by atoms with Crippen molar-refractivity contribution in [2.24, 2.45) is 5.92 Å². The largest absolute Gasteiger partial charge is 0.463 e. The second kappa shape index (κ2) is 5.34. The third-order valence-electron chi connectivity index (χ3n) is 1.81. The van der Waals surface area contributed by atoms with Gasteiger partial charge in [0.2, 0.25) is 0 Å². The maximum atomic E-state index is 12.1. The van der Waals surface area contributed by atoms with Crippen LogP contribution in [0.25, 0.3) is 0 Å². The molecule has 0 spiro atoms. The zero-order valence-electron chi connectivity index (χ0n) is 8.84. The minimum atomic E-state index is -4.79. The van der Waals surface area contributed by atoms with Gasteiger partial charge in [0.15, 0.2) is 6.10 Å². The molecule has 0 saturated carbocycles. The second-order valence-electron chi connectivity index (χ2n) is 3.49. The fourth-order valence-electron chi connectivity index (χ4n) is 1.07. The van der Waals surface area contributed by atoms with Crippen LogP contribution in [-0.2, 0) is 9.53 Å². The van der Waals surface area contributed by atoms with Gasteiger partial charge in [0.05, 0.1) is 12.0 Å². The minimum absolute atomic E-state index is 0.119. The lowest BCUT2D eigenvalue weighted by Gasteiger charge is -2.23. The van der Waals surface area contributed by atoms with Crippen LogP contribution in [0.4, 0.5) is 13.2 Å². The van der Waals surface area contributed by atoms with Crippen molar-refractivity contribution in [2.75, 3.05) is 0 Å². The van der Waals surface area contributed by atoms with E-state index in [0.717, 1.165) is 0 Å². The zero-order valence-corrected chi connectivity index (χ0v) is 8.84. The van der Waals surface area contributed by atoms with Gasteiger partial charge in [-0.25, -0.2) is 0 Å². The molecule has 0 aliphatic heterocycles. The van der Waals surface area contributed by atoms with E-state index >= 15 is 0 Å². The Morgan fingerprint density at radius 1 is 1.40 bits per heavy atom. The normalized spacial score (nSPS) is 16.3. The van der Waals surface area contributed by atoms with Gasteiger partial charge in [-0.3, -0.25) is 4.79 Å². The van der Waals surface area contributed by atoms with Crippen molar-refractivity contribution in [1.29, 1.82) is 0 Å². The first kappa shape index (κ1) is 14.2. The number of esters is 1. The molecule has 1 N–H and O–H groups in total. The summed E-state index contributed by atoms with van der Waals surface area (Å²) in [6, 6.07) is 0. The summed E-state index contributed by atoms with van der Waals surface area (Å²) in [5, 5.41) is 8.90. The van der Waals surface area contributed by atoms with Gasteiger partial charge in [0, 0.05) is 0 Å². The summed E-state index contributed by atoms with van der Waals surface area (Å²) in [5.74, 6) is -2.57. The number of rotatable bonds is 4. The Hall–Kier alpha value is -0.780. The molecule has 2 atom stereocenters. The fourth-order valence-corrected chi connectivity index (χ4v) is 1.07. The molecule has 0 aliphatic rings. The lowest BCUT2D eigenvalue weighted by Crippen LogP contribution is -2.41. The van der Waals surface area contributed by atoms with Gasteiger partial charge in [-0.15, -0.1) is 0 Å². The highest BCUT2D eigenvalue weighted by molar-refractivity contribution is 5.73. The number of aliphatic hydroxyl groups excluding tert-OH is 1. The lowest BCUT2D eigenvalue weighted by atomic mass is 9.99. The Kier molecular flexibility index (Phi) is 5.07. The monoisotopic (exact) mass is 228 g/mol. The van der Waals surface area contributed by atoms with Crippen molar-refractivity contribution >= 4 is 5.97 Å². The van der Waals surface area contributed by atoms with Crippen LogP contribution in [0.1, 0.15) is 27.2 Å². The van der Waals surface area contributed by atoms with E-state index in [4.69, 9.17) is 5.11 Å². The molecule has 90 valence electrons. The van der Waals surface area contributed by atoms with E-state index in [2.05, 4.69) is 4.74 Å². The number of hydrogen-bond donors (Lipinski definition) is 1. The molecule has 0 fully saturated rings. The number of ether oxygens (including phenoxy) is 1. The number of aliphatic hydroxyl groups is 1. The van der Waals surface area contributed by atoms with Crippen molar-refractivity contribution in [3.05, 3.63) is 0 Å². The van der Waals surface area contributed by atoms with Gasteiger partial charge in [-0.2, -0.15) is 13.2 Å². The van der Waals surface area contributed by atoms with Gasteiger partial charge in [-0.05, 0) is 20.3 Å². The highest BCUT2D eigenvalue weighted by Gasteiger charge is 2.46. The molecule has 0 heterocycles. The molecule has 0 radical (unpaired) electrons. The molecule has 0 rings (SSSR count). The summed E-state index contributed by atoms with van der Waals surface area (Å²) in [6.07, 6.45) is -8.07. The summed E-state index contributed by atoms with van der Waals surface area (Å²) in [4.78, 5) is 11.2. The summed E-state index contributed by atoms with van der Waals surface area (Å²) >= 11 is 0. The van der Waals surface area contributed by atoms with Crippen molar-refractivity contribution in [3.63, 3.8) is 0 Å². The van der Waals surface area contributed by atoms with E-state index in [0.29, 0.717) is 0 Å². The molecule has 0 aromatic heterocycles. The number of carbonyl (C=O) groups is 1. The van der Waals surface area contributed by atoms with Crippen LogP contribution in [0.5, 0.6) is 0 Å². The van der Waals surface area contributed by atoms with Gasteiger partial charge in [-0.1, -0.05) is 6.92 Å². The van der Waals surface area contributed by atoms with Gasteiger partial charge in [0.25, 0.3) is 0 Å². The summed E-state index contributed by atoms with van der Waals surface area (Å²) in [7, 11) is 0. The van der Waals surface area contributed by atoms with E-state index in [1.54, 1.807) is 0 Å².